The van der Waals surface area contributed by atoms with Crippen LogP contribution in [0, 0.1) is 6.92 Å². The number of nitrogens with one attached hydrogen (secondary N) is 1. The Labute approximate surface area is 165 Å². The average Bonchev–Trinajstić information content (AvgIpc) is 2.72. The molecular weight excluding hydrogens is 348 g/mol. The lowest BCUT2D eigenvalue weighted by molar-refractivity contribution is 0.0982. The summed E-state index contributed by atoms with van der Waals surface area (Å²) in [7, 11) is 0. The fourth-order valence-electron chi connectivity index (χ4n) is 3.71. The molecule has 2 heterocycles. The molecule has 2 aromatic carbocycles. The second kappa shape index (κ2) is 7.90. The Balaban J connectivity index is 1.45. The van der Waals surface area contributed by atoms with E-state index in [9.17, 15) is 4.79 Å². The first kappa shape index (κ1) is 18.3. The molecular formula is C23H24N4O. The molecule has 0 saturated heterocycles. The van der Waals surface area contributed by atoms with Crippen molar-refractivity contribution in [3.63, 3.8) is 0 Å². The Bertz CT molecular complexity index is 1030. The van der Waals surface area contributed by atoms with E-state index in [2.05, 4.69) is 46.5 Å². The fourth-order valence-corrected chi connectivity index (χ4v) is 3.71. The van der Waals surface area contributed by atoms with E-state index in [1.807, 2.05) is 18.2 Å². The topological polar surface area (TPSA) is 80.9 Å². The predicted molar refractivity (Wildman–Crippen MR) is 111 cm³/mol. The summed E-state index contributed by atoms with van der Waals surface area (Å²) in [5, 5.41) is 3.36. The van der Waals surface area contributed by atoms with Crippen LogP contribution in [-0.2, 0) is 19.4 Å². The van der Waals surface area contributed by atoms with Gasteiger partial charge in [0.2, 0.25) is 5.95 Å². The van der Waals surface area contributed by atoms with E-state index in [1.54, 1.807) is 6.20 Å². The normalized spacial score (nSPS) is 13.2. The van der Waals surface area contributed by atoms with Crippen molar-refractivity contribution < 1.29 is 4.79 Å². The van der Waals surface area contributed by atoms with E-state index in [0.29, 0.717) is 6.42 Å². The highest BCUT2D eigenvalue weighted by Crippen LogP contribution is 2.23. The first-order chi connectivity index (χ1) is 13.6. The zero-order valence-corrected chi connectivity index (χ0v) is 16.0. The van der Waals surface area contributed by atoms with Crippen molar-refractivity contribution in [2.75, 3.05) is 12.3 Å². The number of nitrogen functional groups attached to an aromatic ring is 1. The molecule has 0 aliphatic carbocycles. The molecule has 0 fully saturated rings. The largest absolute Gasteiger partial charge is 0.368 e. The molecule has 0 unspecified atom stereocenters. The van der Waals surface area contributed by atoms with Gasteiger partial charge >= 0.3 is 0 Å². The number of rotatable bonds is 5. The van der Waals surface area contributed by atoms with Gasteiger partial charge in [0.05, 0.1) is 5.69 Å². The van der Waals surface area contributed by atoms with Gasteiger partial charge in [-0.3, -0.25) is 4.79 Å². The van der Waals surface area contributed by atoms with Crippen LogP contribution in [-0.4, -0.2) is 22.3 Å². The van der Waals surface area contributed by atoms with Crippen molar-refractivity contribution in [2.45, 2.75) is 32.7 Å². The Morgan fingerprint density at radius 3 is 2.86 bits per heavy atom. The first-order valence-corrected chi connectivity index (χ1v) is 9.64. The van der Waals surface area contributed by atoms with Crippen molar-refractivity contribution >= 4 is 11.7 Å². The number of carbonyl (C=O) groups excluding carboxylic acids is 1. The van der Waals surface area contributed by atoms with Crippen LogP contribution in [0.4, 0.5) is 5.95 Å². The van der Waals surface area contributed by atoms with E-state index >= 15 is 0 Å². The molecule has 142 valence electrons. The third-order valence-electron chi connectivity index (χ3n) is 5.35. The lowest BCUT2D eigenvalue weighted by Crippen LogP contribution is -2.23. The summed E-state index contributed by atoms with van der Waals surface area (Å²) in [4.78, 5) is 20.9. The van der Waals surface area contributed by atoms with Crippen LogP contribution in [0.1, 0.15) is 39.0 Å². The number of nitrogens with two attached hydrogens (primary N) is 1. The maximum atomic E-state index is 12.7. The van der Waals surface area contributed by atoms with E-state index in [0.717, 1.165) is 48.3 Å². The number of fused-ring (bicyclic) bond motifs is 1. The quantitative estimate of drug-likeness (QED) is 0.670. The van der Waals surface area contributed by atoms with E-state index in [1.165, 1.54) is 16.7 Å². The van der Waals surface area contributed by atoms with E-state index < -0.39 is 0 Å². The minimum absolute atomic E-state index is 0.202. The number of nitrogens with zero attached hydrogens (tertiary/aromatic N) is 2. The molecule has 3 N–H and O–H groups in total. The number of ketones is 1. The van der Waals surface area contributed by atoms with Gasteiger partial charge in [0, 0.05) is 30.3 Å². The van der Waals surface area contributed by atoms with Gasteiger partial charge in [0.15, 0.2) is 5.78 Å². The zero-order chi connectivity index (χ0) is 19.5. The summed E-state index contributed by atoms with van der Waals surface area (Å²) < 4.78 is 0. The highest BCUT2D eigenvalue weighted by Gasteiger charge is 2.13. The van der Waals surface area contributed by atoms with Gasteiger partial charge in [-0.1, -0.05) is 24.3 Å². The molecule has 0 saturated carbocycles. The van der Waals surface area contributed by atoms with Crippen molar-refractivity contribution in [3.8, 4) is 11.3 Å². The number of anilines is 1. The molecule has 3 aromatic rings. The number of aryl methyl sites for hydroxylation is 2. The second-order valence-electron chi connectivity index (χ2n) is 7.27. The smallest absolute Gasteiger partial charge is 0.220 e. The number of benzene rings is 2. The first-order valence-electron chi connectivity index (χ1n) is 9.64. The summed E-state index contributed by atoms with van der Waals surface area (Å²) in [5.74, 6) is 0.471. The summed E-state index contributed by atoms with van der Waals surface area (Å²) in [6.07, 6.45) is 3.89. The fraction of sp³-hybridized carbons (Fsp3) is 0.261. The van der Waals surface area contributed by atoms with Gasteiger partial charge in [-0.2, -0.15) is 0 Å². The van der Waals surface area contributed by atoms with Gasteiger partial charge in [-0.05, 0) is 66.8 Å². The number of carbonyl (C=O) groups is 1. The van der Waals surface area contributed by atoms with Crippen molar-refractivity contribution in [2.24, 2.45) is 0 Å². The van der Waals surface area contributed by atoms with Gasteiger partial charge in [0.1, 0.15) is 0 Å². The molecule has 0 bridgehead atoms. The number of aromatic nitrogens is 2. The third kappa shape index (κ3) is 3.94. The second-order valence-corrected chi connectivity index (χ2v) is 7.27. The molecule has 0 amide bonds. The molecule has 0 radical (unpaired) electrons. The number of Topliss-reactive ketones (excluding diaryl/α,β-unsaturated/α-hetero) is 1. The molecule has 1 aliphatic rings. The van der Waals surface area contributed by atoms with Gasteiger partial charge < -0.3 is 11.1 Å². The van der Waals surface area contributed by atoms with Gasteiger partial charge in [-0.15, -0.1) is 0 Å². The summed E-state index contributed by atoms with van der Waals surface area (Å²) in [5.41, 5.74) is 13.3. The van der Waals surface area contributed by atoms with Gasteiger partial charge in [-0.25, -0.2) is 9.97 Å². The maximum Gasteiger partial charge on any atom is 0.220 e. The lowest BCUT2D eigenvalue weighted by atomic mass is 9.94. The highest BCUT2D eigenvalue weighted by molar-refractivity contribution is 5.96. The van der Waals surface area contributed by atoms with Crippen LogP contribution in [0.25, 0.3) is 11.3 Å². The number of hydrogen-bond acceptors (Lipinski definition) is 5. The lowest BCUT2D eigenvalue weighted by Gasteiger charge is -2.17. The zero-order valence-electron chi connectivity index (χ0n) is 16.0. The Morgan fingerprint density at radius 1 is 1.14 bits per heavy atom. The van der Waals surface area contributed by atoms with Crippen molar-refractivity contribution in [3.05, 3.63) is 76.5 Å². The molecule has 5 nitrogen and oxygen atoms in total. The summed E-state index contributed by atoms with van der Waals surface area (Å²) >= 11 is 0. The molecule has 28 heavy (non-hydrogen) atoms. The van der Waals surface area contributed by atoms with Crippen LogP contribution in [0.2, 0.25) is 0 Å². The van der Waals surface area contributed by atoms with Crippen molar-refractivity contribution in [1.82, 2.24) is 15.3 Å². The van der Waals surface area contributed by atoms with Crippen LogP contribution < -0.4 is 11.1 Å². The van der Waals surface area contributed by atoms with Crippen LogP contribution >= 0.6 is 0 Å². The van der Waals surface area contributed by atoms with Crippen molar-refractivity contribution in [1.29, 1.82) is 0 Å². The maximum absolute atomic E-state index is 12.7. The minimum atomic E-state index is 0.202. The Morgan fingerprint density at radius 2 is 2.04 bits per heavy atom. The molecule has 0 atom stereocenters. The van der Waals surface area contributed by atoms with Crippen LogP contribution in [0.15, 0.2) is 48.7 Å². The molecule has 5 heteroatoms. The van der Waals surface area contributed by atoms with Crippen LogP contribution in [0.3, 0.4) is 0 Å². The Hall–Kier alpha value is -3.05. The molecule has 1 aliphatic heterocycles. The SMILES string of the molecule is Cc1cc(-c2ccnc(N)n2)ccc1CCC(=O)c1ccc2c(c1)CCNC2. The van der Waals surface area contributed by atoms with Gasteiger partial charge in [0.25, 0.3) is 0 Å². The summed E-state index contributed by atoms with van der Waals surface area (Å²) in [6, 6.07) is 14.2. The Kier molecular flexibility index (Phi) is 5.17. The number of hydrogen-bond donors (Lipinski definition) is 2. The van der Waals surface area contributed by atoms with Crippen LogP contribution in [0.5, 0.6) is 0 Å². The predicted octanol–water partition coefficient (Wildman–Crippen LogP) is 3.50. The highest BCUT2D eigenvalue weighted by atomic mass is 16.1. The van der Waals surface area contributed by atoms with E-state index in [4.69, 9.17) is 5.73 Å². The average molecular weight is 372 g/mol. The molecule has 0 spiro atoms. The van der Waals surface area contributed by atoms with E-state index in [-0.39, 0.29) is 11.7 Å². The molecule has 4 rings (SSSR count). The monoisotopic (exact) mass is 372 g/mol. The molecule has 1 aromatic heterocycles. The third-order valence-corrected chi connectivity index (χ3v) is 5.35. The summed E-state index contributed by atoms with van der Waals surface area (Å²) in [6.45, 7) is 3.95. The minimum Gasteiger partial charge on any atom is -0.368 e. The standard InChI is InChI=1S/C23H24N4O/c1-15-12-18(21-9-11-26-23(24)27-21)3-2-16(15)6-7-22(28)19-4-5-20-14-25-10-8-17(20)13-19/h2-5,9,11-13,25H,6-8,10,14H2,1H3,(H2,24,26,27).